The molecule has 6 N–H and O–H groups in total. The maximum absolute atomic E-state index is 13.0. The average molecular weight is 409 g/mol. The van der Waals surface area contributed by atoms with Gasteiger partial charge in [-0.25, -0.2) is 4.79 Å². The van der Waals surface area contributed by atoms with Gasteiger partial charge >= 0.3 is 6.03 Å². The van der Waals surface area contributed by atoms with Gasteiger partial charge in [0.25, 0.3) is 0 Å². The summed E-state index contributed by atoms with van der Waals surface area (Å²) in [6.45, 7) is 1.82. The molecule has 0 radical (unpaired) electrons. The second-order valence-electron chi connectivity index (χ2n) is 9.01. The normalized spacial score (nSPS) is 25.2. The largest absolute Gasteiger partial charge is 0.368 e. The number of urea groups is 1. The van der Waals surface area contributed by atoms with Gasteiger partial charge in [0.15, 0.2) is 6.04 Å². The van der Waals surface area contributed by atoms with Gasteiger partial charge in [-0.05, 0) is 25.2 Å². The van der Waals surface area contributed by atoms with Crippen LogP contribution in [0.3, 0.4) is 0 Å². The maximum atomic E-state index is 13.0. The maximum Gasteiger partial charge on any atom is 0.318 e. The van der Waals surface area contributed by atoms with Crippen molar-refractivity contribution in [3.8, 4) is 0 Å². The Bertz CT molecular complexity index is 573. The quantitative estimate of drug-likeness (QED) is 0.503. The molecule has 3 aliphatic rings. The molecule has 4 amide bonds. The summed E-state index contributed by atoms with van der Waals surface area (Å²) in [4.78, 5) is 39.5. The molecule has 2 aliphatic carbocycles. The number of quaternary nitrogens is 1. The lowest BCUT2D eigenvalue weighted by molar-refractivity contribution is -0.665. The lowest BCUT2D eigenvalue weighted by Crippen LogP contribution is -2.93. The molecule has 2 atom stereocenters. The van der Waals surface area contributed by atoms with Crippen LogP contribution in [-0.2, 0) is 9.59 Å². The fourth-order valence-corrected chi connectivity index (χ4v) is 5.06. The summed E-state index contributed by atoms with van der Waals surface area (Å²) in [7, 11) is 0. The third-order valence-corrected chi connectivity index (χ3v) is 6.79. The van der Waals surface area contributed by atoms with Crippen LogP contribution >= 0.6 is 0 Å². The fourth-order valence-electron chi connectivity index (χ4n) is 5.06. The molecular weight excluding hydrogens is 370 g/mol. The molecule has 8 heteroatoms. The molecule has 1 aliphatic heterocycles. The first-order valence-electron chi connectivity index (χ1n) is 11.5. The summed E-state index contributed by atoms with van der Waals surface area (Å²) >= 11 is 0. The van der Waals surface area contributed by atoms with E-state index in [1.165, 1.54) is 25.7 Å². The van der Waals surface area contributed by atoms with E-state index in [0.29, 0.717) is 25.4 Å². The van der Waals surface area contributed by atoms with E-state index in [1.807, 2.05) is 0 Å². The second kappa shape index (κ2) is 10.8. The Morgan fingerprint density at radius 2 is 1.66 bits per heavy atom. The SMILES string of the molecule is NC(=O)[C@H](CC1CCCCC1)NC(=O)[C@H]1C[NH2+]CCN1C(=O)NC1CCCCC1. The molecule has 0 spiro atoms. The molecule has 0 aromatic rings. The van der Waals surface area contributed by atoms with Gasteiger partial charge in [-0.15, -0.1) is 0 Å². The minimum absolute atomic E-state index is 0.159. The first-order valence-corrected chi connectivity index (χ1v) is 11.5. The van der Waals surface area contributed by atoms with Crippen molar-refractivity contribution >= 4 is 17.8 Å². The molecule has 0 aromatic carbocycles. The molecular formula is C21H38N5O3+. The van der Waals surface area contributed by atoms with Crippen LogP contribution < -0.4 is 21.7 Å². The number of amides is 4. The van der Waals surface area contributed by atoms with E-state index in [4.69, 9.17) is 5.73 Å². The number of piperazine rings is 1. The molecule has 3 fully saturated rings. The summed E-state index contributed by atoms with van der Waals surface area (Å²) in [6, 6.07) is -1.18. The van der Waals surface area contributed by atoms with Crippen LogP contribution in [0, 0.1) is 5.92 Å². The predicted octanol–water partition coefficient (Wildman–Crippen LogP) is 0.217. The standard InChI is InChI=1S/C21H37N5O3/c22-19(27)17(13-15-7-3-1-4-8-15)25-20(28)18-14-23-11-12-26(18)21(29)24-16-9-5-2-6-10-16/h15-18,23H,1-14H2,(H2,22,27)(H,24,29)(H,25,28)/p+1/t17-,18+/m0/s1. The Hall–Kier alpha value is -1.83. The number of rotatable bonds is 6. The average Bonchev–Trinajstić information content (AvgIpc) is 2.74. The van der Waals surface area contributed by atoms with Crippen LogP contribution in [0.1, 0.15) is 70.6 Å². The summed E-state index contributed by atoms with van der Waals surface area (Å²) in [6.07, 6.45) is 11.9. The highest BCUT2D eigenvalue weighted by Gasteiger charge is 2.37. The van der Waals surface area contributed by atoms with E-state index < -0.39 is 18.0 Å². The molecule has 3 rings (SSSR count). The Kier molecular flexibility index (Phi) is 8.15. The van der Waals surface area contributed by atoms with Crippen molar-refractivity contribution in [1.29, 1.82) is 0 Å². The van der Waals surface area contributed by atoms with Crippen molar-refractivity contribution in [3.05, 3.63) is 0 Å². The van der Waals surface area contributed by atoms with E-state index in [-0.39, 0.29) is 18.0 Å². The van der Waals surface area contributed by atoms with Crippen LogP contribution in [0.25, 0.3) is 0 Å². The van der Waals surface area contributed by atoms with Gasteiger partial charge < -0.3 is 26.6 Å². The van der Waals surface area contributed by atoms with Gasteiger partial charge in [-0.2, -0.15) is 0 Å². The summed E-state index contributed by atoms with van der Waals surface area (Å²) in [5.74, 6) is -0.313. The number of nitrogens with two attached hydrogens (primary N) is 2. The number of nitrogens with one attached hydrogen (secondary N) is 2. The Morgan fingerprint density at radius 1 is 1.00 bits per heavy atom. The van der Waals surface area contributed by atoms with E-state index in [2.05, 4.69) is 16.0 Å². The molecule has 29 heavy (non-hydrogen) atoms. The van der Waals surface area contributed by atoms with Crippen molar-refractivity contribution in [2.24, 2.45) is 11.7 Å². The highest BCUT2D eigenvalue weighted by Crippen LogP contribution is 2.27. The van der Waals surface area contributed by atoms with E-state index in [0.717, 1.165) is 45.1 Å². The highest BCUT2D eigenvalue weighted by molar-refractivity contribution is 5.91. The number of nitrogens with zero attached hydrogens (tertiary/aromatic N) is 1. The van der Waals surface area contributed by atoms with E-state index in [9.17, 15) is 14.4 Å². The first-order chi connectivity index (χ1) is 14.0. The fraction of sp³-hybridized carbons (Fsp3) is 0.857. The molecule has 8 nitrogen and oxygen atoms in total. The minimum atomic E-state index is -0.657. The van der Waals surface area contributed by atoms with Gasteiger partial charge in [0.2, 0.25) is 11.8 Å². The molecule has 0 unspecified atom stereocenters. The zero-order chi connectivity index (χ0) is 20.6. The third-order valence-electron chi connectivity index (χ3n) is 6.79. The molecule has 1 saturated heterocycles. The third kappa shape index (κ3) is 6.32. The second-order valence-corrected chi connectivity index (χ2v) is 9.01. The molecule has 164 valence electrons. The zero-order valence-electron chi connectivity index (χ0n) is 17.5. The molecule has 0 aromatic heterocycles. The van der Waals surface area contributed by atoms with Crippen molar-refractivity contribution in [1.82, 2.24) is 15.5 Å². The molecule has 0 bridgehead atoms. The number of hydrogen-bond donors (Lipinski definition) is 4. The van der Waals surface area contributed by atoms with Gasteiger partial charge in [-0.1, -0.05) is 51.4 Å². The summed E-state index contributed by atoms with van der Waals surface area (Å²) < 4.78 is 0. The van der Waals surface area contributed by atoms with Gasteiger partial charge in [-0.3, -0.25) is 9.59 Å². The number of carbonyl (C=O) groups is 3. The number of carbonyl (C=O) groups excluding carboxylic acids is 3. The van der Waals surface area contributed by atoms with Crippen LogP contribution in [0.2, 0.25) is 0 Å². The van der Waals surface area contributed by atoms with Gasteiger partial charge in [0.05, 0.1) is 13.1 Å². The van der Waals surface area contributed by atoms with Crippen molar-refractivity contribution < 1.29 is 19.7 Å². The Balaban J connectivity index is 1.58. The highest BCUT2D eigenvalue weighted by atomic mass is 16.2. The predicted molar refractivity (Wildman–Crippen MR) is 110 cm³/mol. The monoisotopic (exact) mass is 408 g/mol. The van der Waals surface area contributed by atoms with Crippen molar-refractivity contribution in [2.75, 3.05) is 19.6 Å². The Morgan fingerprint density at radius 3 is 2.31 bits per heavy atom. The van der Waals surface area contributed by atoms with Crippen LogP contribution in [0.15, 0.2) is 0 Å². The number of primary amides is 1. The summed E-state index contributed by atoms with van der Waals surface area (Å²) in [5.41, 5.74) is 5.60. The lowest BCUT2D eigenvalue weighted by atomic mass is 9.84. The minimum Gasteiger partial charge on any atom is -0.368 e. The van der Waals surface area contributed by atoms with Gasteiger partial charge in [0.1, 0.15) is 12.6 Å². The molecule has 2 saturated carbocycles. The van der Waals surface area contributed by atoms with Crippen LogP contribution in [0.5, 0.6) is 0 Å². The van der Waals surface area contributed by atoms with Crippen LogP contribution in [0.4, 0.5) is 4.79 Å². The van der Waals surface area contributed by atoms with Crippen LogP contribution in [-0.4, -0.2) is 60.5 Å². The number of hydrogen-bond acceptors (Lipinski definition) is 3. The first kappa shape index (κ1) is 21.9. The topological polar surface area (TPSA) is 121 Å². The Labute approximate surface area is 173 Å². The van der Waals surface area contributed by atoms with Crippen molar-refractivity contribution in [3.63, 3.8) is 0 Å². The van der Waals surface area contributed by atoms with E-state index >= 15 is 0 Å². The smallest absolute Gasteiger partial charge is 0.318 e. The van der Waals surface area contributed by atoms with Crippen molar-refractivity contribution in [2.45, 2.75) is 88.8 Å². The molecule has 1 heterocycles. The lowest BCUT2D eigenvalue weighted by Gasteiger charge is -2.35. The zero-order valence-corrected chi connectivity index (χ0v) is 17.5. The van der Waals surface area contributed by atoms with E-state index in [1.54, 1.807) is 4.90 Å². The van der Waals surface area contributed by atoms with Gasteiger partial charge in [0, 0.05) is 6.04 Å². The summed E-state index contributed by atoms with van der Waals surface area (Å²) in [5, 5.41) is 8.03.